The van der Waals surface area contributed by atoms with E-state index in [0.29, 0.717) is 5.69 Å². The Morgan fingerprint density at radius 2 is 1.84 bits per heavy atom. The first kappa shape index (κ1) is 13.7. The molecule has 0 aliphatic rings. The average molecular weight is 261 g/mol. The van der Waals surface area contributed by atoms with Gasteiger partial charge in [-0.25, -0.2) is 9.37 Å². The molecule has 0 fully saturated rings. The van der Waals surface area contributed by atoms with Crippen molar-refractivity contribution >= 4 is 0 Å². The fourth-order valence-corrected chi connectivity index (χ4v) is 1.94. The number of hydrogen-bond donors (Lipinski definition) is 1. The van der Waals surface area contributed by atoms with Gasteiger partial charge in [0.05, 0.1) is 5.69 Å². The summed E-state index contributed by atoms with van der Waals surface area (Å²) < 4.78 is 14.6. The molecule has 1 unspecified atom stereocenters. The Balaban J connectivity index is 2.52. The molecule has 0 saturated heterocycles. The van der Waals surface area contributed by atoms with Crippen LogP contribution in [0.2, 0.25) is 0 Å². The summed E-state index contributed by atoms with van der Waals surface area (Å²) in [7, 11) is 0. The van der Waals surface area contributed by atoms with Gasteiger partial charge in [0.2, 0.25) is 0 Å². The van der Waals surface area contributed by atoms with E-state index in [2.05, 4.69) is 11.9 Å². The molecule has 0 amide bonds. The minimum absolute atomic E-state index is 0.211. The maximum absolute atomic E-state index is 12.9. The molecule has 0 saturated carbocycles. The van der Waals surface area contributed by atoms with Crippen molar-refractivity contribution in [2.75, 3.05) is 0 Å². The van der Waals surface area contributed by atoms with Crippen LogP contribution in [0.25, 0.3) is 11.3 Å². The summed E-state index contributed by atoms with van der Waals surface area (Å²) in [5, 5.41) is 9.72. The summed E-state index contributed by atoms with van der Waals surface area (Å²) in [4.78, 5) is 4.54. The first-order chi connectivity index (χ1) is 8.79. The second-order valence-corrected chi connectivity index (χ2v) is 5.59. The molecule has 0 aliphatic carbocycles. The molecule has 0 bridgehead atoms. The van der Waals surface area contributed by atoms with Gasteiger partial charge < -0.3 is 9.67 Å². The second-order valence-electron chi connectivity index (χ2n) is 5.59. The van der Waals surface area contributed by atoms with E-state index in [0.717, 1.165) is 11.4 Å². The maximum Gasteiger partial charge on any atom is 0.132 e. The molecule has 4 heteroatoms. The van der Waals surface area contributed by atoms with E-state index in [4.69, 9.17) is 0 Å². The van der Waals surface area contributed by atoms with Crippen molar-refractivity contribution in [3.63, 3.8) is 0 Å². The average Bonchev–Trinajstić information content (AvgIpc) is 2.74. The van der Waals surface area contributed by atoms with Gasteiger partial charge in [0.1, 0.15) is 17.9 Å². The zero-order chi connectivity index (χ0) is 14.2. The predicted molar refractivity (Wildman–Crippen MR) is 72.9 cm³/mol. The number of rotatable bonds is 2. The van der Waals surface area contributed by atoms with Crippen LogP contribution >= 0.6 is 0 Å². The van der Waals surface area contributed by atoms with Gasteiger partial charge in [-0.3, -0.25) is 0 Å². The lowest BCUT2D eigenvalue weighted by molar-refractivity contribution is 0.144. The Morgan fingerprint density at radius 3 is 2.26 bits per heavy atom. The number of imidazole rings is 1. The lowest BCUT2D eigenvalue weighted by atomic mass is 9.95. The Hall–Kier alpha value is -1.68. The topological polar surface area (TPSA) is 38.0 Å². The maximum atomic E-state index is 12.9. The van der Waals surface area contributed by atoms with Crippen molar-refractivity contribution in [3.8, 4) is 11.3 Å². The summed E-state index contributed by atoms with van der Waals surface area (Å²) >= 11 is 0. The SMILES string of the molecule is [CH2]C(O)n1cc(-c2ccc(F)cc2)nc1C(C)(C)C. The monoisotopic (exact) mass is 261 g/mol. The summed E-state index contributed by atoms with van der Waals surface area (Å²) in [6.07, 6.45) is 0.849. The van der Waals surface area contributed by atoms with E-state index in [-0.39, 0.29) is 11.2 Å². The zero-order valence-corrected chi connectivity index (χ0v) is 11.4. The molecule has 1 aromatic carbocycles. The predicted octanol–water partition coefficient (Wildman–Crippen LogP) is 3.31. The van der Waals surface area contributed by atoms with Crippen LogP contribution < -0.4 is 0 Å². The highest BCUT2D eigenvalue weighted by Gasteiger charge is 2.23. The second kappa shape index (κ2) is 4.78. The van der Waals surface area contributed by atoms with Gasteiger partial charge in [0.25, 0.3) is 0 Å². The molecule has 3 nitrogen and oxygen atoms in total. The fourth-order valence-electron chi connectivity index (χ4n) is 1.94. The molecule has 2 aromatic rings. The molecule has 1 N–H and O–H groups in total. The van der Waals surface area contributed by atoms with Crippen LogP contribution in [0.15, 0.2) is 30.5 Å². The van der Waals surface area contributed by atoms with Crippen LogP contribution in [0, 0.1) is 12.7 Å². The van der Waals surface area contributed by atoms with E-state index in [1.165, 1.54) is 12.1 Å². The number of aliphatic hydroxyl groups is 1. The zero-order valence-electron chi connectivity index (χ0n) is 11.4. The third kappa shape index (κ3) is 2.84. The van der Waals surface area contributed by atoms with Gasteiger partial charge in [0.15, 0.2) is 0 Å². The molecule has 19 heavy (non-hydrogen) atoms. The van der Waals surface area contributed by atoms with E-state index in [1.807, 2.05) is 20.8 Å². The fraction of sp³-hybridized carbons (Fsp3) is 0.333. The highest BCUT2D eigenvalue weighted by molar-refractivity contribution is 5.58. The quantitative estimate of drug-likeness (QED) is 0.900. The number of nitrogens with zero attached hydrogens (tertiary/aromatic N) is 2. The molecule has 2 rings (SSSR count). The van der Waals surface area contributed by atoms with Gasteiger partial charge in [0, 0.05) is 17.2 Å². The largest absolute Gasteiger partial charge is 0.373 e. The molecule has 1 radical (unpaired) electrons. The smallest absolute Gasteiger partial charge is 0.132 e. The molecular weight excluding hydrogens is 243 g/mol. The van der Waals surface area contributed by atoms with E-state index in [1.54, 1.807) is 22.9 Å². The van der Waals surface area contributed by atoms with Crippen LogP contribution in [0.4, 0.5) is 4.39 Å². The van der Waals surface area contributed by atoms with Gasteiger partial charge in [-0.15, -0.1) is 0 Å². The standard InChI is InChI=1S/C15H18FN2O/c1-10(19)18-9-13(17-14(18)15(2,3)4)11-5-7-12(16)8-6-11/h5-10,19H,1H2,2-4H3. The van der Waals surface area contributed by atoms with Crippen molar-refractivity contribution in [2.45, 2.75) is 32.4 Å². The normalized spacial score (nSPS) is 13.6. The summed E-state index contributed by atoms with van der Waals surface area (Å²) in [6, 6.07) is 6.13. The number of hydrogen-bond acceptors (Lipinski definition) is 2. The highest BCUT2D eigenvalue weighted by atomic mass is 19.1. The highest BCUT2D eigenvalue weighted by Crippen LogP contribution is 2.28. The van der Waals surface area contributed by atoms with Gasteiger partial charge >= 0.3 is 0 Å². The molecule has 0 spiro atoms. The molecule has 1 atom stereocenters. The van der Waals surface area contributed by atoms with Crippen molar-refractivity contribution in [3.05, 3.63) is 49.0 Å². The minimum Gasteiger partial charge on any atom is -0.373 e. The van der Waals surface area contributed by atoms with Crippen molar-refractivity contribution < 1.29 is 9.50 Å². The first-order valence-corrected chi connectivity index (χ1v) is 6.15. The van der Waals surface area contributed by atoms with Gasteiger partial charge in [-0.1, -0.05) is 20.8 Å². The van der Waals surface area contributed by atoms with Crippen LogP contribution in [0.1, 0.15) is 32.8 Å². The van der Waals surface area contributed by atoms with Crippen molar-refractivity contribution in [1.29, 1.82) is 0 Å². The van der Waals surface area contributed by atoms with E-state index in [9.17, 15) is 9.50 Å². The molecule has 101 valence electrons. The lowest BCUT2D eigenvalue weighted by Gasteiger charge is -2.20. The number of aromatic nitrogens is 2. The lowest BCUT2D eigenvalue weighted by Crippen LogP contribution is -2.20. The number of halogens is 1. The third-order valence-electron chi connectivity index (χ3n) is 2.86. The van der Waals surface area contributed by atoms with Crippen LogP contribution in [-0.2, 0) is 5.41 Å². The van der Waals surface area contributed by atoms with E-state index >= 15 is 0 Å². The Morgan fingerprint density at radius 1 is 1.26 bits per heavy atom. The Labute approximate surface area is 112 Å². The first-order valence-electron chi connectivity index (χ1n) is 6.15. The molecular formula is C15H18FN2O. The van der Waals surface area contributed by atoms with Crippen molar-refractivity contribution in [1.82, 2.24) is 9.55 Å². The van der Waals surface area contributed by atoms with E-state index < -0.39 is 6.23 Å². The van der Waals surface area contributed by atoms with Crippen LogP contribution in [-0.4, -0.2) is 14.7 Å². The number of aliphatic hydroxyl groups excluding tert-OH is 1. The summed E-state index contributed by atoms with van der Waals surface area (Å²) in [6.45, 7) is 9.67. The Bertz CT molecular complexity index is 565. The van der Waals surface area contributed by atoms with Crippen LogP contribution in [0.3, 0.4) is 0 Å². The molecule has 0 aliphatic heterocycles. The van der Waals surface area contributed by atoms with Crippen molar-refractivity contribution in [2.24, 2.45) is 0 Å². The third-order valence-corrected chi connectivity index (χ3v) is 2.86. The summed E-state index contributed by atoms with van der Waals surface area (Å²) in [5.41, 5.74) is 1.30. The van der Waals surface area contributed by atoms with Gasteiger partial charge in [-0.2, -0.15) is 0 Å². The minimum atomic E-state index is -0.893. The summed E-state index contributed by atoms with van der Waals surface area (Å²) in [5.74, 6) is 0.464. The number of benzene rings is 1. The van der Waals surface area contributed by atoms with Gasteiger partial charge in [-0.05, 0) is 31.2 Å². The van der Waals surface area contributed by atoms with Crippen LogP contribution in [0.5, 0.6) is 0 Å². The molecule has 1 heterocycles. The molecule has 1 aromatic heterocycles. The Kier molecular flexibility index (Phi) is 3.45.